The maximum Gasteiger partial charge on any atom is 0.313 e. The van der Waals surface area contributed by atoms with E-state index >= 15 is 0 Å². The Morgan fingerprint density at radius 2 is 1.88 bits per heavy atom. The van der Waals surface area contributed by atoms with E-state index in [1.807, 2.05) is 0 Å². The summed E-state index contributed by atoms with van der Waals surface area (Å²) in [6.07, 6.45) is 2.99. The number of hydrogen-bond acceptors (Lipinski definition) is 2. The summed E-state index contributed by atoms with van der Waals surface area (Å²) in [5.41, 5.74) is 0.773. The minimum Gasteiger partial charge on any atom is -0.331 e. The maximum atomic E-state index is 12.7. The molecule has 6 heteroatoms. The van der Waals surface area contributed by atoms with Crippen molar-refractivity contribution in [2.45, 2.75) is 46.1 Å². The molecular weight excluding hydrogens is 347 g/mol. The van der Waals surface area contributed by atoms with Crippen molar-refractivity contribution in [1.82, 2.24) is 4.90 Å². The van der Waals surface area contributed by atoms with Gasteiger partial charge in [-0.3, -0.25) is 9.59 Å². The number of nitrogens with one attached hydrogen (secondary N) is 1. The molecule has 1 N–H and O–H groups in total. The second kappa shape index (κ2) is 5.92. The number of carbonyl (C=O) groups is 2. The molecule has 130 valence electrons. The van der Waals surface area contributed by atoms with E-state index in [0.29, 0.717) is 22.3 Å². The SMILES string of the molecule is CC1(C)CC2CC(C)(CN2C(=O)C(=O)Nc2ccc(Cl)c(Cl)c2)C1. The molecule has 0 aromatic heterocycles. The standard InChI is InChI=1S/C18H22Cl2N2O2/c1-17(2)7-12-8-18(3,9-17)10-22(12)16(24)15(23)21-11-4-5-13(19)14(20)6-11/h4-6,12H,7-10H2,1-3H3,(H,21,23). The third kappa shape index (κ3) is 3.40. The molecule has 0 radical (unpaired) electrons. The van der Waals surface area contributed by atoms with Gasteiger partial charge in [0.15, 0.2) is 0 Å². The molecule has 1 aromatic carbocycles. The van der Waals surface area contributed by atoms with E-state index in [1.54, 1.807) is 23.1 Å². The smallest absolute Gasteiger partial charge is 0.313 e. The zero-order valence-corrected chi connectivity index (χ0v) is 15.7. The van der Waals surface area contributed by atoms with Gasteiger partial charge in [-0.2, -0.15) is 0 Å². The molecule has 1 aliphatic carbocycles. The van der Waals surface area contributed by atoms with Crippen molar-refractivity contribution in [2.24, 2.45) is 10.8 Å². The fourth-order valence-electron chi connectivity index (χ4n) is 4.59. The van der Waals surface area contributed by atoms with Gasteiger partial charge >= 0.3 is 11.8 Å². The number of halogens is 2. The molecule has 1 saturated carbocycles. The Morgan fingerprint density at radius 1 is 1.17 bits per heavy atom. The molecule has 2 unspecified atom stereocenters. The lowest BCUT2D eigenvalue weighted by atomic mass is 9.65. The zero-order valence-electron chi connectivity index (χ0n) is 14.2. The van der Waals surface area contributed by atoms with Gasteiger partial charge < -0.3 is 10.2 Å². The summed E-state index contributed by atoms with van der Waals surface area (Å²) in [6.45, 7) is 7.34. The number of anilines is 1. The van der Waals surface area contributed by atoms with E-state index in [0.717, 1.165) is 19.3 Å². The van der Waals surface area contributed by atoms with E-state index in [-0.39, 0.29) is 16.9 Å². The molecule has 1 aromatic rings. The Kier molecular flexibility index (Phi) is 4.33. The van der Waals surface area contributed by atoms with Gasteiger partial charge in [-0.05, 0) is 48.3 Å². The van der Waals surface area contributed by atoms with Crippen molar-refractivity contribution >= 4 is 40.7 Å². The lowest BCUT2D eigenvalue weighted by Gasteiger charge is -2.39. The van der Waals surface area contributed by atoms with Crippen LogP contribution in [0.5, 0.6) is 0 Å². The highest BCUT2D eigenvalue weighted by molar-refractivity contribution is 6.43. The van der Waals surface area contributed by atoms with Gasteiger partial charge in [-0.25, -0.2) is 0 Å². The van der Waals surface area contributed by atoms with Crippen LogP contribution in [0.15, 0.2) is 18.2 Å². The second-order valence-electron chi connectivity index (χ2n) is 8.23. The first-order valence-corrected chi connectivity index (χ1v) is 8.91. The van der Waals surface area contributed by atoms with Crippen molar-refractivity contribution < 1.29 is 9.59 Å². The first-order valence-electron chi connectivity index (χ1n) is 8.16. The van der Waals surface area contributed by atoms with Crippen molar-refractivity contribution in [1.29, 1.82) is 0 Å². The average Bonchev–Trinajstić information content (AvgIpc) is 2.71. The third-order valence-corrected chi connectivity index (χ3v) is 5.79. The normalized spacial score (nSPS) is 27.9. The Bertz CT molecular complexity index is 704. The van der Waals surface area contributed by atoms with Crippen LogP contribution in [0.1, 0.15) is 40.0 Å². The molecule has 2 atom stereocenters. The number of benzene rings is 1. The lowest BCUT2D eigenvalue weighted by Crippen LogP contribution is -2.43. The predicted octanol–water partition coefficient (Wildman–Crippen LogP) is 4.36. The van der Waals surface area contributed by atoms with Crippen molar-refractivity contribution in [3.63, 3.8) is 0 Å². The zero-order chi connectivity index (χ0) is 17.7. The fourth-order valence-corrected chi connectivity index (χ4v) is 4.88. The monoisotopic (exact) mass is 368 g/mol. The summed E-state index contributed by atoms with van der Waals surface area (Å²) in [4.78, 5) is 26.8. The van der Waals surface area contributed by atoms with E-state index < -0.39 is 11.8 Å². The second-order valence-corrected chi connectivity index (χ2v) is 9.04. The topological polar surface area (TPSA) is 49.4 Å². The van der Waals surface area contributed by atoms with E-state index in [1.165, 1.54) is 0 Å². The molecule has 2 aliphatic rings. The highest BCUT2D eigenvalue weighted by atomic mass is 35.5. The summed E-state index contributed by atoms with van der Waals surface area (Å²) in [6, 6.07) is 4.91. The number of likely N-dealkylation sites (tertiary alicyclic amines) is 1. The van der Waals surface area contributed by atoms with Gasteiger partial charge in [-0.15, -0.1) is 0 Å². The largest absolute Gasteiger partial charge is 0.331 e. The van der Waals surface area contributed by atoms with E-state index in [2.05, 4.69) is 26.1 Å². The molecule has 2 fully saturated rings. The van der Waals surface area contributed by atoms with E-state index in [9.17, 15) is 9.59 Å². The quantitative estimate of drug-likeness (QED) is 0.748. The van der Waals surface area contributed by atoms with Crippen LogP contribution in [0.3, 0.4) is 0 Å². The molecular formula is C18H22Cl2N2O2. The molecule has 0 spiro atoms. The van der Waals surface area contributed by atoms with E-state index in [4.69, 9.17) is 23.2 Å². The maximum absolute atomic E-state index is 12.7. The van der Waals surface area contributed by atoms with Gasteiger partial charge in [0.1, 0.15) is 0 Å². The lowest BCUT2D eigenvalue weighted by molar-refractivity contribution is -0.144. The number of rotatable bonds is 1. The summed E-state index contributed by atoms with van der Waals surface area (Å²) >= 11 is 11.8. The van der Waals surface area contributed by atoms with Crippen LogP contribution in [0, 0.1) is 10.8 Å². The summed E-state index contributed by atoms with van der Waals surface area (Å²) in [5, 5.41) is 3.37. The molecule has 2 amide bonds. The number of fused-ring (bicyclic) bond motifs is 2. The highest BCUT2D eigenvalue weighted by Gasteiger charge is 2.51. The summed E-state index contributed by atoms with van der Waals surface area (Å²) in [5.74, 6) is -1.09. The molecule has 1 saturated heterocycles. The van der Waals surface area contributed by atoms with Crippen molar-refractivity contribution in [2.75, 3.05) is 11.9 Å². The average molecular weight is 369 g/mol. The fraction of sp³-hybridized carbons (Fsp3) is 0.556. The number of carbonyl (C=O) groups excluding carboxylic acids is 2. The first-order chi connectivity index (χ1) is 11.1. The number of nitrogens with zero attached hydrogens (tertiary/aromatic N) is 1. The first kappa shape index (κ1) is 17.6. The minimum absolute atomic E-state index is 0.103. The van der Waals surface area contributed by atoms with Crippen molar-refractivity contribution in [3.05, 3.63) is 28.2 Å². The summed E-state index contributed by atoms with van der Waals surface area (Å²) < 4.78 is 0. The van der Waals surface area contributed by atoms with Crippen LogP contribution in [-0.2, 0) is 9.59 Å². The molecule has 3 rings (SSSR count). The Hall–Kier alpha value is -1.26. The number of amides is 2. The van der Waals surface area contributed by atoms with Crippen molar-refractivity contribution in [3.8, 4) is 0 Å². The molecule has 1 aliphatic heterocycles. The van der Waals surface area contributed by atoms with Gasteiger partial charge in [0.05, 0.1) is 10.0 Å². The summed E-state index contributed by atoms with van der Waals surface area (Å²) in [7, 11) is 0. The van der Waals surface area contributed by atoms with Crippen LogP contribution in [-0.4, -0.2) is 29.3 Å². The molecule has 2 bridgehead atoms. The van der Waals surface area contributed by atoms with Gasteiger partial charge in [0, 0.05) is 18.3 Å². The van der Waals surface area contributed by atoms with Crippen LogP contribution < -0.4 is 5.32 Å². The van der Waals surface area contributed by atoms with Gasteiger partial charge in [0.25, 0.3) is 0 Å². The van der Waals surface area contributed by atoms with Crippen LogP contribution in [0.2, 0.25) is 10.0 Å². The predicted molar refractivity (Wildman–Crippen MR) is 96.3 cm³/mol. The Balaban J connectivity index is 1.72. The molecule has 24 heavy (non-hydrogen) atoms. The minimum atomic E-state index is -0.623. The number of hydrogen-bond donors (Lipinski definition) is 1. The van der Waals surface area contributed by atoms with Crippen LogP contribution >= 0.6 is 23.2 Å². The van der Waals surface area contributed by atoms with Crippen LogP contribution in [0.25, 0.3) is 0 Å². The third-order valence-electron chi connectivity index (χ3n) is 5.05. The van der Waals surface area contributed by atoms with Crippen LogP contribution in [0.4, 0.5) is 5.69 Å². The molecule has 1 heterocycles. The highest BCUT2D eigenvalue weighted by Crippen LogP contribution is 2.52. The Labute approximate surface area is 152 Å². The van der Waals surface area contributed by atoms with Gasteiger partial charge in [-0.1, -0.05) is 44.0 Å². The van der Waals surface area contributed by atoms with Gasteiger partial charge in [0.2, 0.25) is 0 Å². The Morgan fingerprint density at radius 3 is 2.54 bits per heavy atom. The molecule has 4 nitrogen and oxygen atoms in total.